The normalized spacial score (nSPS) is 15.6. The topological polar surface area (TPSA) is 35.2 Å². The Morgan fingerprint density at radius 2 is 2.00 bits per heavy atom. The summed E-state index contributed by atoms with van der Waals surface area (Å²) >= 11 is 5.92. The fourth-order valence-corrected chi connectivity index (χ4v) is 1.19. The minimum absolute atomic E-state index is 0.495. The standard InChI is InChI=1S/C9H12ClNO/c1-2-12-9(10,11)8-6-4-3-5-7-8/h3-7H,2,11H2,1H3. The maximum atomic E-state index is 5.92. The lowest BCUT2D eigenvalue weighted by atomic mass is 10.2. The van der Waals surface area contributed by atoms with Crippen LogP contribution in [0.4, 0.5) is 0 Å². The highest BCUT2D eigenvalue weighted by molar-refractivity contribution is 6.22. The van der Waals surface area contributed by atoms with Crippen LogP contribution < -0.4 is 5.73 Å². The van der Waals surface area contributed by atoms with Gasteiger partial charge in [-0.15, -0.1) is 0 Å². The van der Waals surface area contributed by atoms with Gasteiger partial charge in [-0.25, -0.2) is 0 Å². The number of halogens is 1. The van der Waals surface area contributed by atoms with Gasteiger partial charge in [-0.1, -0.05) is 41.9 Å². The molecule has 0 spiro atoms. The van der Waals surface area contributed by atoms with Crippen molar-refractivity contribution >= 4 is 11.6 Å². The lowest BCUT2D eigenvalue weighted by Crippen LogP contribution is -2.33. The molecule has 12 heavy (non-hydrogen) atoms. The van der Waals surface area contributed by atoms with E-state index in [4.69, 9.17) is 22.1 Å². The zero-order valence-corrected chi connectivity index (χ0v) is 7.71. The number of ether oxygens (including phenoxy) is 1. The lowest BCUT2D eigenvalue weighted by Gasteiger charge is -2.21. The molecule has 1 unspecified atom stereocenters. The first-order valence-corrected chi connectivity index (χ1v) is 4.22. The maximum Gasteiger partial charge on any atom is 0.220 e. The van der Waals surface area contributed by atoms with Crippen molar-refractivity contribution < 1.29 is 4.74 Å². The summed E-state index contributed by atoms with van der Waals surface area (Å²) in [5, 5.41) is -1.18. The minimum Gasteiger partial charge on any atom is -0.344 e. The van der Waals surface area contributed by atoms with Gasteiger partial charge in [0.15, 0.2) is 0 Å². The summed E-state index contributed by atoms with van der Waals surface area (Å²) in [5.41, 5.74) is 6.46. The zero-order valence-electron chi connectivity index (χ0n) is 6.96. The fourth-order valence-electron chi connectivity index (χ4n) is 0.959. The molecular weight excluding hydrogens is 174 g/mol. The zero-order chi connectivity index (χ0) is 9.03. The highest BCUT2D eigenvalue weighted by Crippen LogP contribution is 2.23. The summed E-state index contributed by atoms with van der Waals surface area (Å²) in [5.74, 6) is 0. The Bertz CT molecular complexity index is 236. The Morgan fingerprint density at radius 1 is 1.42 bits per heavy atom. The Hall–Kier alpha value is -0.570. The summed E-state index contributed by atoms with van der Waals surface area (Å²) < 4.78 is 5.16. The van der Waals surface area contributed by atoms with Gasteiger partial charge in [0.2, 0.25) is 5.18 Å². The number of benzene rings is 1. The van der Waals surface area contributed by atoms with E-state index in [0.717, 1.165) is 5.56 Å². The lowest BCUT2D eigenvalue weighted by molar-refractivity contribution is 0.0298. The van der Waals surface area contributed by atoms with E-state index in [1.165, 1.54) is 0 Å². The largest absolute Gasteiger partial charge is 0.344 e. The van der Waals surface area contributed by atoms with Gasteiger partial charge < -0.3 is 4.74 Å². The van der Waals surface area contributed by atoms with Crippen LogP contribution in [0.5, 0.6) is 0 Å². The molecule has 0 aliphatic carbocycles. The highest BCUT2D eigenvalue weighted by Gasteiger charge is 2.23. The van der Waals surface area contributed by atoms with Gasteiger partial charge in [-0.2, -0.15) is 0 Å². The molecule has 0 saturated heterocycles. The van der Waals surface area contributed by atoms with Crippen LogP contribution >= 0.6 is 11.6 Å². The fraction of sp³-hybridized carbons (Fsp3) is 0.333. The molecule has 1 aromatic carbocycles. The van der Waals surface area contributed by atoms with Crippen molar-refractivity contribution in [3.05, 3.63) is 35.9 Å². The average Bonchev–Trinajstić information content (AvgIpc) is 2.06. The third-order valence-corrected chi connectivity index (χ3v) is 1.85. The van der Waals surface area contributed by atoms with E-state index in [-0.39, 0.29) is 0 Å². The van der Waals surface area contributed by atoms with Crippen LogP contribution in [0.25, 0.3) is 0 Å². The van der Waals surface area contributed by atoms with Gasteiger partial charge >= 0.3 is 0 Å². The number of nitrogens with two attached hydrogens (primary N) is 1. The summed E-state index contributed by atoms with van der Waals surface area (Å²) in [6.07, 6.45) is 0. The van der Waals surface area contributed by atoms with Crippen LogP contribution in [0.3, 0.4) is 0 Å². The van der Waals surface area contributed by atoms with Crippen molar-refractivity contribution in [1.82, 2.24) is 0 Å². The van der Waals surface area contributed by atoms with Crippen molar-refractivity contribution in [2.24, 2.45) is 5.73 Å². The molecule has 2 N–H and O–H groups in total. The molecule has 0 amide bonds. The Labute approximate surface area is 77.3 Å². The highest BCUT2D eigenvalue weighted by atomic mass is 35.5. The van der Waals surface area contributed by atoms with Gasteiger partial charge in [-0.3, -0.25) is 5.73 Å². The first-order valence-electron chi connectivity index (χ1n) is 3.84. The van der Waals surface area contributed by atoms with Gasteiger partial charge in [0.1, 0.15) is 0 Å². The van der Waals surface area contributed by atoms with E-state index < -0.39 is 5.18 Å². The predicted molar refractivity (Wildman–Crippen MR) is 49.8 cm³/mol. The second-order valence-corrected chi connectivity index (χ2v) is 3.01. The van der Waals surface area contributed by atoms with Gasteiger partial charge in [-0.05, 0) is 6.92 Å². The van der Waals surface area contributed by atoms with E-state index in [9.17, 15) is 0 Å². The molecule has 0 aliphatic heterocycles. The minimum atomic E-state index is -1.18. The van der Waals surface area contributed by atoms with Crippen molar-refractivity contribution in [3.63, 3.8) is 0 Å². The second-order valence-electron chi connectivity index (χ2n) is 2.44. The molecule has 1 rings (SSSR count). The molecular formula is C9H12ClNO. The average molecular weight is 186 g/mol. The molecule has 2 nitrogen and oxygen atoms in total. The van der Waals surface area contributed by atoms with Crippen LogP contribution in [-0.4, -0.2) is 6.61 Å². The molecule has 0 saturated carbocycles. The third kappa shape index (κ3) is 2.21. The van der Waals surface area contributed by atoms with Gasteiger partial charge in [0.05, 0.1) is 0 Å². The van der Waals surface area contributed by atoms with Crippen LogP contribution in [0.2, 0.25) is 0 Å². The van der Waals surface area contributed by atoms with Gasteiger partial charge in [0.25, 0.3) is 0 Å². The molecule has 0 radical (unpaired) electrons. The molecule has 0 bridgehead atoms. The maximum absolute atomic E-state index is 5.92. The van der Waals surface area contributed by atoms with Crippen molar-refractivity contribution in [2.75, 3.05) is 6.61 Å². The Kier molecular flexibility index (Phi) is 3.09. The van der Waals surface area contributed by atoms with Gasteiger partial charge in [0, 0.05) is 12.2 Å². The molecule has 66 valence electrons. The molecule has 1 atom stereocenters. The summed E-state index contributed by atoms with van der Waals surface area (Å²) in [6.45, 7) is 2.35. The van der Waals surface area contributed by atoms with E-state index >= 15 is 0 Å². The number of hydrogen-bond acceptors (Lipinski definition) is 2. The molecule has 0 aromatic heterocycles. The van der Waals surface area contributed by atoms with Crippen LogP contribution in [0.15, 0.2) is 30.3 Å². The van der Waals surface area contributed by atoms with E-state index in [2.05, 4.69) is 0 Å². The van der Waals surface area contributed by atoms with E-state index in [0.29, 0.717) is 6.61 Å². The number of rotatable bonds is 3. The predicted octanol–water partition coefficient (Wildman–Crippen LogP) is 2.03. The van der Waals surface area contributed by atoms with Crippen LogP contribution in [0, 0.1) is 0 Å². The summed E-state index contributed by atoms with van der Waals surface area (Å²) in [6, 6.07) is 9.32. The SMILES string of the molecule is CCOC(N)(Cl)c1ccccc1. The third-order valence-electron chi connectivity index (χ3n) is 1.52. The summed E-state index contributed by atoms with van der Waals surface area (Å²) in [4.78, 5) is 0. The molecule has 1 aromatic rings. The van der Waals surface area contributed by atoms with Crippen molar-refractivity contribution in [2.45, 2.75) is 12.1 Å². The van der Waals surface area contributed by atoms with Crippen molar-refractivity contribution in [3.8, 4) is 0 Å². The number of hydrogen-bond donors (Lipinski definition) is 1. The van der Waals surface area contributed by atoms with Crippen LogP contribution in [-0.2, 0) is 9.92 Å². The monoisotopic (exact) mass is 185 g/mol. The van der Waals surface area contributed by atoms with E-state index in [1.54, 1.807) is 0 Å². The molecule has 3 heteroatoms. The first kappa shape index (κ1) is 9.52. The molecule has 0 heterocycles. The summed E-state index contributed by atoms with van der Waals surface area (Å²) in [7, 11) is 0. The van der Waals surface area contributed by atoms with Crippen LogP contribution in [0.1, 0.15) is 12.5 Å². The smallest absolute Gasteiger partial charge is 0.220 e. The quantitative estimate of drug-likeness (QED) is 0.444. The Morgan fingerprint density at radius 3 is 2.50 bits per heavy atom. The Balaban J connectivity index is 2.82. The molecule has 0 aliphatic rings. The van der Waals surface area contributed by atoms with Crippen molar-refractivity contribution in [1.29, 1.82) is 0 Å². The van der Waals surface area contributed by atoms with E-state index in [1.807, 2.05) is 37.3 Å². The molecule has 0 fully saturated rings. The first-order chi connectivity index (χ1) is 5.67. The second kappa shape index (κ2) is 3.90. The number of alkyl halides is 1.